The molecule has 0 spiro atoms. The molecule has 0 unspecified atom stereocenters. The van der Waals surface area contributed by atoms with Gasteiger partial charge in [-0.05, 0) is 42.3 Å². The zero-order valence-electron chi connectivity index (χ0n) is 14.7. The fraction of sp³-hybridized carbons (Fsp3) is 0.158. The number of carbonyl (C=O) groups is 1. The SMILES string of the molecule is CCc1ccccc1Nc1nncc(Nc2ccc(NC(C)=O)cc2)n1. The highest BCUT2D eigenvalue weighted by molar-refractivity contribution is 5.88. The summed E-state index contributed by atoms with van der Waals surface area (Å²) in [5.74, 6) is 0.892. The third-order valence-corrected chi connectivity index (χ3v) is 3.68. The van der Waals surface area contributed by atoms with Crippen molar-refractivity contribution >= 4 is 34.7 Å². The van der Waals surface area contributed by atoms with Crippen LogP contribution < -0.4 is 16.0 Å². The maximum Gasteiger partial charge on any atom is 0.249 e. The molecule has 1 heterocycles. The Bertz CT molecular complexity index is 895. The summed E-state index contributed by atoms with van der Waals surface area (Å²) in [7, 11) is 0. The highest BCUT2D eigenvalue weighted by Gasteiger charge is 2.05. The minimum atomic E-state index is -0.103. The predicted octanol–water partition coefficient (Wildman–Crippen LogP) is 3.88. The molecule has 0 radical (unpaired) electrons. The lowest BCUT2D eigenvalue weighted by Crippen LogP contribution is -2.06. The van der Waals surface area contributed by atoms with Crippen molar-refractivity contribution in [3.8, 4) is 0 Å². The van der Waals surface area contributed by atoms with E-state index in [0.717, 1.165) is 23.5 Å². The van der Waals surface area contributed by atoms with Crippen LogP contribution in [-0.2, 0) is 11.2 Å². The van der Waals surface area contributed by atoms with Crippen LogP contribution in [-0.4, -0.2) is 21.1 Å². The molecule has 0 aliphatic heterocycles. The molecule has 0 saturated carbocycles. The normalized spacial score (nSPS) is 10.2. The average molecular weight is 348 g/mol. The molecule has 0 aliphatic rings. The van der Waals surface area contributed by atoms with Crippen LogP contribution in [0.5, 0.6) is 0 Å². The van der Waals surface area contributed by atoms with E-state index in [2.05, 4.69) is 44.1 Å². The van der Waals surface area contributed by atoms with E-state index in [-0.39, 0.29) is 5.91 Å². The molecule has 132 valence electrons. The summed E-state index contributed by atoms with van der Waals surface area (Å²) >= 11 is 0. The van der Waals surface area contributed by atoms with Gasteiger partial charge in [-0.1, -0.05) is 25.1 Å². The minimum Gasteiger partial charge on any atom is -0.339 e. The fourth-order valence-electron chi connectivity index (χ4n) is 2.48. The minimum absolute atomic E-state index is 0.103. The smallest absolute Gasteiger partial charge is 0.249 e. The van der Waals surface area contributed by atoms with E-state index in [4.69, 9.17) is 0 Å². The number of amides is 1. The molecule has 3 aromatic rings. The first-order chi connectivity index (χ1) is 12.6. The largest absolute Gasteiger partial charge is 0.339 e. The Kier molecular flexibility index (Phi) is 5.38. The zero-order chi connectivity index (χ0) is 18.4. The first-order valence-corrected chi connectivity index (χ1v) is 8.33. The maximum absolute atomic E-state index is 11.1. The quantitative estimate of drug-likeness (QED) is 0.626. The Labute approximate surface area is 151 Å². The topological polar surface area (TPSA) is 91.8 Å². The molecule has 7 nitrogen and oxygen atoms in total. The number of anilines is 5. The van der Waals surface area contributed by atoms with E-state index in [1.54, 1.807) is 6.20 Å². The average Bonchev–Trinajstić information content (AvgIpc) is 2.64. The molecule has 0 bridgehead atoms. The van der Waals surface area contributed by atoms with Crippen LogP contribution in [0.3, 0.4) is 0 Å². The standard InChI is InChI=1S/C19H20N6O/c1-3-14-6-4-5-7-17(14)23-19-24-18(12-20-25-19)22-16-10-8-15(9-11-16)21-13(2)26/h4-12H,3H2,1-2H3,(H,21,26)(H2,22,23,24,25). The first kappa shape index (κ1) is 17.3. The van der Waals surface area contributed by atoms with Gasteiger partial charge in [0, 0.05) is 24.0 Å². The second-order valence-electron chi connectivity index (χ2n) is 5.68. The summed E-state index contributed by atoms with van der Waals surface area (Å²) < 4.78 is 0. The van der Waals surface area contributed by atoms with Gasteiger partial charge in [-0.3, -0.25) is 4.79 Å². The molecule has 2 aromatic carbocycles. The number of nitrogens with zero attached hydrogens (tertiary/aromatic N) is 3. The van der Waals surface area contributed by atoms with Crippen LogP contribution in [0.25, 0.3) is 0 Å². The van der Waals surface area contributed by atoms with Crippen molar-refractivity contribution in [3.05, 3.63) is 60.3 Å². The van der Waals surface area contributed by atoms with Crippen LogP contribution in [0.15, 0.2) is 54.7 Å². The summed E-state index contributed by atoms with van der Waals surface area (Å²) in [6.45, 7) is 3.58. The predicted molar refractivity (Wildman–Crippen MR) is 103 cm³/mol. The molecular weight excluding hydrogens is 328 g/mol. The highest BCUT2D eigenvalue weighted by atomic mass is 16.1. The number of para-hydroxylation sites is 1. The van der Waals surface area contributed by atoms with Crippen molar-refractivity contribution in [3.63, 3.8) is 0 Å². The van der Waals surface area contributed by atoms with Gasteiger partial charge >= 0.3 is 0 Å². The van der Waals surface area contributed by atoms with Gasteiger partial charge in [-0.25, -0.2) is 0 Å². The lowest BCUT2D eigenvalue weighted by molar-refractivity contribution is -0.114. The van der Waals surface area contributed by atoms with Crippen LogP contribution in [0.1, 0.15) is 19.4 Å². The molecular formula is C19H20N6O. The Hall–Kier alpha value is -3.48. The van der Waals surface area contributed by atoms with E-state index in [0.29, 0.717) is 11.8 Å². The van der Waals surface area contributed by atoms with E-state index < -0.39 is 0 Å². The molecule has 1 aromatic heterocycles. The van der Waals surface area contributed by atoms with Crippen LogP contribution in [0.4, 0.5) is 28.8 Å². The van der Waals surface area contributed by atoms with Gasteiger partial charge in [-0.15, -0.1) is 5.10 Å². The zero-order valence-corrected chi connectivity index (χ0v) is 14.7. The van der Waals surface area contributed by atoms with Gasteiger partial charge in [0.1, 0.15) is 0 Å². The molecule has 0 atom stereocenters. The van der Waals surface area contributed by atoms with E-state index in [1.165, 1.54) is 12.5 Å². The summed E-state index contributed by atoms with van der Waals surface area (Å²) in [6, 6.07) is 15.4. The van der Waals surface area contributed by atoms with Gasteiger partial charge in [-0.2, -0.15) is 10.1 Å². The summed E-state index contributed by atoms with van der Waals surface area (Å²) in [5.41, 5.74) is 3.72. The number of aromatic nitrogens is 3. The highest BCUT2D eigenvalue weighted by Crippen LogP contribution is 2.21. The van der Waals surface area contributed by atoms with Gasteiger partial charge < -0.3 is 16.0 Å². The number of rotatable bonds is 6. The molecule has 7 heteroatoms. The number of nitrogens with one attached hydrogen (secondary N) is 3. The van der Waals surface area contributed by atoms with E-state index >= 15 is 0 Å². The van der Waals surface area contributed by atoms with Crippen molar-refractivity contribution in [2.75, 3.05) is 16.0 Å². The monoisotopic (exact) mass is 348 g/mol. The number of hydrogen-bond donors (Lipinski definition) is 3. The Morgan fingerprint density at radius 1 is 1.00 bits per heavy atom. The number of hydrogen-bond acceptors (Lipinski definition) is 6. The molecule has 0 saturated heterocycles. The number of carbonyl (C=O) groups excluding carboxylic acids is 1. The molecule has 0 aliphatic carbocycles. The molecule has 3 rings (SSSR count). The Balaban J connectivity index is 1.72. The second kappa shape index (κ2) is 8.06. The second-order valence-corrected chi connectivity index (χ2v) is 5.68. The van der Waals surface area contributed by atoms with Gasteiger partial charge in [0.05, 0.1) is 6.20 Å². The van der Waals surface area contributed by atoms with Crippen LogP contribution in [0.2, 0.25) is 0 Å². The maximum atomic E-state index is 11.1. The third kappa shape index (κ3) is 4.54. The van der Waals surface area contributed by atoms with Crippen molar-refractivity contribution in [2.24, 2.45) is 0 Å². The van der Waals surface area contributed by atoms with E-state index in [1.807, 2.05) is 42.5 Å². The Morgan fingerprint density at radius 3 is 2.46 bits per heavy atom. The number of benzene rings is 2. The van der Waals surface area contributed by atoms with Gasteiger partial charge in [0.25, 0.3) is 0 Å². The van der Waals surface area contributed by atoms with E-state index in [9.17, 15) is 4.79 Å². The number of aryl methyl sites for hydroxylation is 1. The fourth-order valence-corrected chi connectivity index (χ4v) is 2.48. The van der Waals surface area contributed by atoms with Crippen molar-refractivity contribution in [1.82, 2.24) is 15.2 Å². The molecule has 1 amide bonds. The van der Waals surface area contributed by atoms with Crippen molar-refractivity contribution in [2.45, 2.75) is 20.3 Å². The van der Waals surface area contributed by atoms with Crippen molar-refractivity contribution in [1.29, 1.82) is 0 Å². The first-order valence-electron chi connectivity index (χ1n) is 8.33. The summed E-state index contributed by atoms with van der Waals surface area (Å²) in [5, 5.41) is 17.1. The third-order valence-electron chi connectivity index (χ3n) is 3.68. The van der Waals surface area contributed by atoms with Crippen LogP contribution in [0, 0.1) is 0 Å². The van der Waals surface area contributed by atoms with Crippen LogP contribution >= 0.6 is 0 Å². The lowest BCUT2D eigenvalue weighted by atomic mass is 10.1. The van der Waals surface area contributed by atoms with Gasteiger partial charge in [0.15, 0.2) is 5.82 Å². The van der Waals surface area contributed by atoms with Gasteiger partial charge in [0.2, 0.25) is 11.9 Å². The lowest BCUT2D eigenvalue weighted by Gasteiger charge is -2.10. The molecule has 0 fully saturated rings. The summed E-state index contributed by atoms with van der Waals surface area (Å²) in [4.78, 5) is 15.5. The molecule has 3 N–H and O–H groups in total. The molecule has 26 heavy (non-hydrogen) atoms. The Morgan fingerprint density at radius 2 is 1.73 bits per heavy atom. The summed E-state index contributed by atoms with van der Waals surface area (Å²) in [6.07, 6.45) is 2.47. The van der Waals surface area contributed by atoms with Crippen molar-refractivity contribution < 1.29 is 4.79 Å².